The zero-order valence-corrected chi connectivity index (χ0v) is 12.0. The second-order valence-electron chi connectivity index (χ2n) is 5.17. The fourth-order valence-corrected chi connectivity index (χ4v) is 2.47. The minimum atomic E-state index is 0.0912. The highest BCUT2D eigenvalue weighted by Crippen LogP contribution is 2.22. The van der Waals surface area contributed by atoms with Crippen LogP contribution in [0.1, 0.15) is 19.8 Å². The van der Waals surface area contributed by atoms with Gasteiger partial charge in [0.05, 0.1) is 11.6 Å². The van der Waals surface area contributed by atoms with Crippen molar-refractivity contribution in [2.75, 3.05) is 6.61 Å². The van der Waals surface area contributed by atoms with E-state index in [0.717, 1.165) is 29.5 Å². The summed E-state index contributed by atoms with van der Waals surface area (Å²) < 4.78 is 11.2. The first-order valence-electron chi connectivity index (χ1n) is 7.22. The highest BCUT2D eigenvalue weighted by molar-refractivity contribution is 5.79. The summed E-state index contributed by atoms with van der Waals surface area (Å²) in [6.45, 7) is 2.65. The van der Waals surface area contributed by atoms with Crippen LogP contribution in [0.2, 0.25) is 0 Å². The number of hydrogen-bond acceptors (Lipinski definition) is 5. The van der Waals surface area contributed by atoms with Crippen LogP contribution >= 0.6 is 0 Å². The molecule has 0 saturated carbocycles. The van der Waals surface area contributed by atoms with Crippen LogP contribution in [-0.2, 0) is 4.74 Å². The molecule has 0 fully saturated rings. The molecule has 0 saturated heterocycles. The lowest BCUT2D eigenvalue weighted by atomic mass is 10.1. The van der Waals surface area contributed by atoms with Gasteiger partial charge in [-0.2, -0.15) is 0 Å². The van der Waals surface area contributed by atoms with Crippen molar-refractivity contribution in [2.24, 2.45) is 10.7 Å². The normalized spacial score (nSPS) is 19.1. The van der Waals surface area contributed by atoms with Crippen LogP contribution in [0.3, 0.4) is 0 Å². The Morgan fingerprint density at radius 1 is 1.43 bits per heavy atom. The van der Waals surface area contributed by atoms with Gasteiger partial charge in [-0.3, -0.25) is 4.98 Å². The predicted molar refractivity (Wildman–Crippen MR) is 82.4 cm³/mol. The Labute approximate surface area is 123 Å². The zero-order valence-electron chi connectivity index (χ0n) is 12.0. The largest absolute Gasteiger partial charge is 0.490 e. The van der Waals surface area contributed by atoms with Gasteiger partial charge in [-0.25, -0.2) is 4.99 Å². The van der Waals surface area contributed by atoms with Gasteiger partial charge in [0.2, 0.25) is 0 Å². The lowest BCUT2D eigenvalue weighted by Gasteiger charge is -2.19. The molecule has 1 aromatic carbocycles. The Balaban J connectivity index is 1.70. The van der Waals surface area contributed by atoms with Gasteiger partial charge in [0, 0.05) is 24.1 Å². The number of aliphatic imine (C=N–C) groups is 1. The fourth-order valence-electron chi connectivity index (χ4n) is 2.47. The number of fused-ring (bicyclic) bond motifs is 1. The average Bonchev–Trinajstić information content (AvgIpc) is 2.91. The number of pyridine rings is 1. The third-order valence-corrected chi connectivity index (χ3v) is 3.60. The molecule has 0 spiro atoms. The molecule has 2 N–H and O–H groups in total. The first-order chi connectivity index (χ1) is 10.2. The molecule has 2 atom stereocenters. The minimum Gasteiger partial charge on any atom is -0.490 e. The van der Waals surface area contributed by atoms with Gasteiger partial charge < -0.3 is 15.2 Å². The summed E-state index contributed by atoms with van der Waals surface area (Å²) in [7, 11) is 0. The average molecular weight is 285 g/mol. The SMILES string of the molecule is CC[C@@H](C[C@H]1COC(N)=N1)Oc1ccc2cccnc2c1. The van der Waals surface area contributed by atoms with Crippen LogP contribution in [0.4, 0.5) is 0 Å². The van der Waals surface area contributed by atoms with Crippen molar-refractivity contribution in [1.29, 1.82) is 0 Å². The van der Waals surface area contributed by atoms with Crippen molar-refractivity contribution < 1.29 is 9.47 Å². The van der Waals surface area contributed by atoms with Crippen LogP contribution in [0, 0.1) is 0 Å². The maximum absolute atomic E-state index is 6.06. The maximum Gasteiger partial charge on any atom is 0.282 e. The number of nitrogens with two attached hydrogens (primary N) is 1. The fraction of sp³-hybridized carbons (Fsp3) is 0.375. The Morgan fingerprint density at radius 3 is 3.10 bits per heavy atom. The summed E-state index contributed by atoms with van der Waals surface area (Å²) in [5, 5.41) is 1.11. The number of aromatic nitrogens is 1. The first-order valence-corrected chi connectivity index (χ1v) is 7.22. The Hall–Kier alpha value is -2.30. The molecule has 5 heteroatoms. The third-order valence-electron chi connectivity index (χ3n) is 3.60. The zero-order chi connectivity index (χ0) is 14.7. The van der Waals surface area contributed by atoms with E-state index in [4.69, 9.17) is 15.2 Å². The summed E-state index contributed by atoms with van der Waals surface area (Å²) in [6, 6.07) is 10.3. The van der Waals surface area contributed by atoms with Crippen molar-refractivity contribution in [3.05, 3.63) is 36.5 Å². The summed E-state index contributed by atoms with van der Waals surface area (Å²) in [4.78, 5) is 8.60. The monoisotopic (exact) mass is 285 g/mol. The molecule has 2 heterocycles. The number of rotatable bonds is 5. The molecule has 3 rings (SSSR count). The first kappa shape index (κ1) is 13.7. The van der Waals surface area contributed by atoms with E-state index < -0.39 is 0 Å². The molecule has 0 radical (unpaired) electrons. The highest BCUT2D eigenvalue weighted by atomic mass is 16.5. The van der Waals surface area contributed by atoms with E-state index >= 15 is 0 Å². The number of ether oxygens (including phenoxy) is 2. The molecule has 21 heavy (non-hydrogen) atoms. The van der Waals surface area contributed by atoms with Crippen molar-refractivity contribution in [3.63, 3.8) is 0 Å². The predicted octanol–water partition coefficient (Wildman–Crippen LogP) is 2.50. The van der Waals surface area contributed by atoms with E-state index in [9.17, 15) is 0 Å². The molecule has 110 valence electrons. The molecule has 0 unspecified atom stereocenters. The molecule has 2 aromatic rings. The molecular formula is C16H19N3O2. The van der Waals surface area contributed by atoms with Crippen LogP contribution in [0.25, 0.3) is 10.9 Å². The van der Waals surface area contributed by atoms with E-state index in [-0.39, 0.29) is 18.2 Å². The van der Waals surface area contributed by atoms with Crippen molar-refractivity contribution in [1.82, 2.24) is 4.98 Å². The van der Waals surface area contributed by atoms with Gasteiger partial charge in [0.25, 0.3) is 6.02 Å². The molecule has 0 aliphatic carbocycles. The quantitative estimate of drug-likeness (QED) is 0.916. The summed E-state index contributed by atoms with van der Waals surface area (Å²) in [5.74, 6) is 0.837. The molecule has 1 aliphatic rings. The molecule has 0 amide bonds. The van der Waals surface area contributed by atoms with E-state index in [0.29, 0.717) is 6.61 Å². The van der Waals surface area contributed by atoms with Gasteiger partial charge in [0.15, 0.2) is 0 Å². The highest BCUT2D eigenvalue weighted by Gasteiger charge is 2.21. The van der Waals surface area contributed by atoms with Crippen molar-refractivity contribution in [2.45, 2.75) is 31.9 Å². The van der Waals surface area contributed by atoms with Crippen LogP contribution < -0.4 is 10.5 Å². The summed E-state index contributed by atoms with van der Waals surface area (Å²) in [5.41, 5.74) is 6.48. The summed E-state index contributed by atoms with van der Waals surface area (Å²) in [6.07, 6.45) is 3.59. The van der Waals surface area contributed by atoms with Gasteiger partial charge >= 0.3 is 0 Å². The van der Waals surface area contributed by atoms with E-state index in [1.165, 1.54) is 0 Å². The van der Waals surface area contributed by atoms with Crippen molar-refractivity contribution >= 4 is 16.9 Å². The van der Waals surface area contributed by atoms with E-state index in [1.807, 2.05) is 30.3 Å². The number of hydrogen-bond donors (Lipinski definition) is 1. The van der Waals surface area contributed by atoms with E-state index in [2.05, 4.69) is 16.9 Å². The van der Waals surface area contributed by atoms with Gasteiger partial charge in [-0.1, -0.05) is 13.0 Å². The van der Waals surface area contributed by atoms with Gasteiger partial charge in [0.1, 0.15) is 18.5 Å². The third kappa shape index (κ3) is 3.24. The molecule has 1 aliphatic heterocycles. The van der Waals surface area contributed by atoms with E-state index in [1.54, 1.807) is 6.20 Å². The van der Waals surface area contributed by atoms with Crippen LogP contribution in [0.15, 0.2) is 41.5 Å². The number of nitrogens with zero attached hydrogens (tertiary/aromatic N) is 2. The second kappa shape index (κ2) is 5.99. The summed E-state index contributed by atoms with van der Waals surface area (Å²) >= 11 is 0. The standard InChI is InChI=1S/C16H19N3O2/c1-2-13(8-12-10-20-16(17)19-12)21-14-6-5-11-4-3-7-18-15(11)9-14/h3-7,9,12-13H,2,8,10H2,1H3,(H2,17,19)/t12-,13-/m0/s1. The molecular weight excluding hydrogens is 266 g/mol. The van der Waals surface area contributed by atoms with Crippen LogP contribution in [-0.4, -0.2) is 29.8 Å². The lowest BCUT2D eigenvalue weighted by molar-refractivity contribution is 0.168. The molecule has 0 bridgehead atoms. The molecule has 1 aromatic heterocycles. The van der Waals surface area contributed by atoms with Crippen molar-refractivity contribution in [3.8, 4) is 5.75 Å². The smallest absolute Gasteiger partial charge is 0.282 e. The minimum absolute atomic E-state index is 0.0912. The van der Waals surface area contributed by atoms with Crippen LogP contribution in [0.5, 0.6) is 5.75 Å². The second-order valence-corrected chi connectivity index (χ2v) is 5.17. The van der Waals surface area contributed by atoms with Gasteiger partial charge in [-0.15, -0.1) is 0 Å². The Morgan fingerprint density at radius 2 is 2.33 bits per heavy atom. The topological polar surface area (TPSA) is 69.7 Å². The Kier molecular flexibility index (Phi) is 3.90. The molecule has 5 nitrogen and oxygen atoms in total. The lowest BCUT2D eigenvalue weighted by Crippen LogP contribution is -2.22. The Bertz CT molecular complexity index is 657. The van der Waals surface area contributed by atoms with Gasteiger partial charge in [-0.05, 0) is 24.6 Å². The number of benzene rings is 1. The maximum atomic E-state index is 6.06. The number of amidine groups is 1.